The summed E-state index contributed by atoms with van der Waals surface area (Å²) in [6.07, 6.45) is 1.39. The molecule has 2 aromatic rings. The Kier molecular flexibility index (Phi) is 3.88. The third-order valence-electron chi connectivity index (χ3n) is 2.04. The lowest BCUT2D eigenvalue weighted by atomic mass is 10.2. The van der Waals surface area contributed by atoms with E-state index in [9.17, 15) is 9.18 Å². The standard InChI is InChI=1S/C11H6BrClFN3O/c12-6-1-2-8(14)7(5-6)10(18)16-9-3-4-15-11(13)17-9/h1-5H,(H,15,16,17,18). The summed E-state index contributed by atoms with van der Waals surface area (Å²) in [5.74, 6) is -1.02. The molecule has 0 saturated carbocycles. The van der Waals surface area contributed by atoms with Crippen LogP contribution in [0, 0.1) is 5.82 Å². The number of benzene rings is 1. The molecule has 92 valence electrons. The second kappa shape index (κ2) is 5.41. The van der Waals surface area contributed by atoms with Crippen molar-refractivity contribution >= 4 is 39.3 Å². The number of aromatic nitrogens is 2. The van der Waals surface area contributed by atoms with Crippen LogP contribution < -0.4 is 5.32 Å². The Balaban J connectivity index is 2.24. The van der Waals surface area contributed by atoms with Gasteiger partial charge in [0, 0.05) is 10.7 Å². The van der Waals surface area contributed by atoms with Crippen LogP contribution in [0.5, 0.6) is 0 Å². The summed E-state index contributed by atoms with van der Waals surface area (Å²) in [5, 5.41) is 2.43. The first-order valence-electron chi connectivity index (χ1n) is 4.81. The number of hydrogen-bond donors (Lipinski definition) is 1. The van der Waals surface area contributed by atoms with E-state index in [-0.39, 0.29) is 16.7 Å². The molecule has 0 aliphatic carbocycles. The maximum absolute atomic E-state index is 13.5. The molecule has 0 saturated heterocycles. The van der Waals surface area contributed by atoms with Crippen molar-refractivity contribution in [3.8, 4) is 0 Å². The fourth-order valence-electron chi connectivity index (χ4n) is 1.26. The quantitative estimate of drug-likeness (QED) is 0.860. The molecule has 0 fully saturated rings. The lowest BCUT2D eigenvalue weighted by Crippen LogP contribution is -2.14. The Morgan fingerprint density at radius 2 is 2.17 bits per heavy atom. The Morgan fingerprint density at radius 3 is 2.89 bits per heavy atom. The lowest BCUT2D eigenvalue weighted by molar-refractivity contribution is 0.102. The molecule has 0 aliphatic heterocycles. The van der Waals surface area contributed by atoms with E-state index in [0.717, 1.165) is 0 Å². The van der Waals surface area contributed by atoms with Gasteiger partial charge in [-0.3, -0.25) is 4.79 Å². The molecule has 1 amide bonds. The fraction of sp³-hybridized carbons (Fsp3) is 0. The number of halogens is 3. The van der Waals surface area contributed by atoms with Crippen LogP contribution in [0.2, 0.25) is 5.28 Å². The van der Waals surface area contributed by atoms with Crippen LogP contribution in [0.15, 0.2) is 34.9 Å². The van der Waals surface area contributed by atoms with Gasteiger partial charge in [0.25, 0.3) is 5.91 Å². The monoisotopic (exact) mass is 329 g/mol. The number of carbonyl (C=O) groups excluding carboxylic acids is 1. The van der Waals surface area contributed by atoms with Gasteiger partial charge in [0.05, 0.1) is 5.56 Å². The van der Waals surface area contributed by atoms with Gasteiger partial charge < -0.3 is 5.32 Å². The summed E-state index contributed by atoms with van der Waals surface area (Å²) in [7, 11) is 0. The summed E-state index contributed by atoms with van der Waals surface area (Å²) >= 11 is 8.74. The molecule has 18 heavy (non-hydrogen) atoms. The maximum atomic E-state index is 13.5. The number of nitrogens with zero attached hydrogens (tertiary/aromatic N) is 2. The van der Waals surface area contributed by atoms with E-state index in [0.29, 0.717) is 4.47 Å². The Labute approximate surface area is 115 Å². The molecule has 1 heterocycles. The second-order valence-electron chi connectivity index (χ2n) is 3.29. The number of anilines is 1. The van der Waals surface area contributed by atoms with E-state index < -0.39 is 11.7 Å². The van der Waals surface area contributed by atoms with Crippen LogP contribution in [0.25, 0.3) is 0 Å². The second-order valence-corrected chi connectivity index (χ2v) is 4.54. The van der Waals surface area contributed by atoms with Crippen molar-refractivity contribution < 1.29 is 9.18 Å². The zero-order chi connectivity index (χ0) is 13.1. The smallest absolute Gasteiger partial charge is 0.259 e. The predicted octanol–water partition coefficient (Wildman–Crippen LogP) is 3.28. The van der Waals surface area contributed by atoms with Gasteiger partial charge in [0.2, 0.25) is 5.28 Å². The predicted molar refractivity (Wildman–Crippen MR) is 69.1 cm³/mol. The number of amides is 1. The highest BCUT2D eigenvalue weighted by atomic mass is 79.9. The van der Waals surface area contributed by atoms with Gasteiger partial charge in [-0.15, -0.1) is 0 Å². The third-order valence-corrected chi connectivity index (χ3v) is 2.72. The molecule has 0 bridgehead atoms. The van der Waals surface area contributed by atoms with Crippen molar-refractivity contribution in [1.82, 2.24) is 9.97 Å². The third kappa shape index (κ3) is 3.02. The molecular weight excluding hydrogens is 324 g/mol. The average molecular weight is 331 g/mol. The van der Waals surface area contributed by atoms with E-state index in [4.69, 9.17) is 11.6 Å². The van der Waals surface area contributed by atoms with E-state index >= 15 is 0 Å². The topological polar surface area (TPSA) is 54.9 Å². The summed E-state index contributed by atoms with van der Waals surface area (Å²) in [4.78, 5) is 19.3. The van der Waals surface area contributed by atoms with Gasteiger partial charge in [-0.1, -0.05) is 15.9 Å². The van der Waals surface area contributed by atoms with Crippen LogP contribution >= 0.6 is 27.5 Å². The molecule has 0 aliphatic rings. The minimum absolute atomic E-state index is 0.00233. The van der Waals surface area contributed by atoms with Crippen molar-refractivity contribution in [2.75, 3.05) is 5.32 Å². The highest BCUT2D eigenvalue weighted by molar-refractivity contribution is 9.10. The molecule has 2 rings (SSSR count). The molecule has 1 N–H and O–H groups in total. The van der Waals surface area contributed by atoms with Crippen molar-refractivity contribution in [3.05, 3.63) is 51.6 Å². The summed E-state index contributed by atoms with van der Waals surface area (Å²) in [6, 6.07) is 5.55. The maximum Gasteiger partial charge on any atom is 0.259 e. The van der Waals surface area contributed by atoms with Gasteiger partial charge in [-0.2, -0.15) is 0 Å². The van der Waals surface area contributed by atoms with Gasteiger partial charge in [-0.25, -0.2) is 14.4 Å². The van der Waals surface area contributed by atoms with Crippen LogP contribution in [0.3, 0.4) is 0 Å². The Hall–Kier alpha value is -1.53. The first-order valence-corrected chi connectivity index (χ1v) is 5.98. The molecule has 1 aromatic carbocycles. The molecular formula is C11H6BrClFN3O. The van der Waals surface area contributed by atoms with E-state index in [1.54, 1.807) is 0 Å². The molecule has 4 nitrogen and oxygen atoms in total. The molecule has 0 radical (unpaired) electrons. The van der Waals surface area contributed by atoms with Gasteiger partial charge in [0.15, 0.2) is 0 Å². The number of nitrogens with one attached hydrogen (secondary N) is 1. The van der Waals surface area contributed by atoms with E-state index in [1.165, 1.54) is 30.5 Å². The van der Waals surface area contributed by atoms with Crippen molar-refractivity contribution in [1.29, 1.82) is 0 Å². The highest BCUT2D eigenvalue weighted by Crippen LogP contribution is 2.17. The SMILES string of the molecule is O=C(Nc1ccnc(Cl)n1)c1cc(Br)ccc1F. The number of carbonyl (C=O) groups is 1. The van der Waals surface area contributed by atoms with Gasteiger partial charge in [0.1, 0.15) is 11.6 Å². The normalized spacial score (nSPS) is 10.2. The summed E-state index contributed by atoms with van der Waals surface area (Å²) in [6.45, 7) is 0. The average Bonchev–Trinajstić information content (AvgIpc) is 2.32. The van der Waals surface area contributed by atoms with Gasteiger partial charge in [-0.05, 0) is 35.9 Å². The van der Waals surface area contributed by atoms with Crippen LogP contribution in [0.1, 0.15) is 10.4 Å². The minimum atomic E-state index is -0.615. The lowest BCUT2D eigenvalue weighted by Gasteiger charge is -2.05. The highest BCUT2D eigenvalue weighted by Gasteiger charge is 2.13. The van der Waals surface area contributed by atoms with E-state index in [2.05, 4.69) is 31.2 Å². The summed E-state index contributed by atoms with van der Waals surface area (Å²) < 4.78 is 14.1. The minimum Gasteiger partial charge on any atom is -0.306 e. The van der Waals surface area contributed by atoms with Crippen LogP contribution in [-0.2, 0) is 0 Å². The van der Waals surface area contributed by atoms with Crippen molar-refractivity contribution in [2.45, 2.75) is 0 Å². The number of hydrogen-bond acceptors (Lipinski definition) is 3. The molecule has 0 spiro atoms. The molecule has 7 heteroatoms. The zero-order valence-corrected chi connectivity index (χ0v) is 11.2. The molecule has 0 unspecified atom stereocenters. The first kappa shape index (κ1) is 12.9. The number of rotatable bonds is 2. The van der Waals surface area contributed by atoms with Gasteiger partial charge >= 0.3 is 0 Å². The largest absolute Gasteiger partial charge is 0.306 e. The van der Waals surface area contributed by atoms with Crippen molar-refractivity contribution in [2.24, 2.45) is 0 Å². The molecule has 1 aromatic heterocycles. The van der Waals surface area contributed by atoms with Crippen molar-refractivity contribution in [3.63, 3.8) is 0 Å². The van der Waals surface area contributed by atoms with E-state index in [1.807, 2.05) is 0 Å². The molecule has 0 atom stereocenters. The Bertz CT molecular complexity index is 609. The zero-order valence-electron chi connectivity index (χ0n) is 8.82. The fourth-order valence-corrected chi connectivity index (χ4v) is 1.77. The summed E-state index contributed by atoms with van der Waals surface area (Å²) in [5.41, 5.74) is -0.0842. The van der Waals surface area contributed by atoms with Crippen LogP contribution in [-0.4, -0.2) is 15.9 Å². The van der Waals surface area contributed by atoms with Crippen LogP contribution in [0.4, 0.5) is 10.2 Å². The Morgan fingerprint density at radius 1 is 1.39 bits per heavy atom. The first-order chi connectivity index (χ1) is 8.56.